The number of Topliss-reactive ketones (excluding diaryl/α,β-unsaturated/α-hetero) is 1. The van der Waals surface area contributed by atoms with Gasteiger partial charge in [0.25, 0.3) is 6.01 Å². The molecule has 3 heterocycles. The predicted molar refractivity (Wildman–Crippen MR) is 112 cm³/mol. The highest BCUT2D eigenvalue weighted by atomic mass is 16.5. The maximum Gasteiger partial charge on any atom is 0.300 e. The summed E-state index contributed by atoms with van der Waals surface area (Å²) in [6.45, 7) is 0. The summed E-state index contributed by atoms with van der Waals surface area (Å²) >= 11 is 0. The van der Waals surface area contributed by atoms with Gasteiger partial charge in [0.1, 0.15) is 11.5 Å². The summed E-state index contributed by atoms with van der Waals surface area (Å²) in [5, 5.41) is 7.17. The van der Waals surface area contributed by atoms with Crippen molar-refractivity contribution in [3.05, 3.63) is 65.9 Å². The van der Waals surface area contributed by atoms with Gasteiger partial charge in [-0.3, -0.25) is 9.89 Å². The number of nitrogens with one attached hydrogen (secondary N) is 2. The van der Waals surface area contributed by atoms with Gasteiger partial charge in [-0.2, -0.15) is 10.1 Å². The second-order valence-corrected chi connectivity index (χ2v) is 7.79. The fourth-order valence-corrected chi connectivity index (χ4v) is 4.61. The van der Waals surface area contributed by atoms with E-state index in [-0.39, 0.29) is 17.6 Å². The van der Waals surface area contributed by atoms with Crippen LogP contribution in [0.3, 0.4) is 0 Å². The fourth-order valence-electron chi connectivity index (χ4n) is 4.61. The Morgan fingerprint density at radius 1 is 1.03 bits per heavy atom. The molecule has 2 unspecified atom stereocenters. The van der Waals surface area contributed by atoms with Crippen molar-refractivity contribution in [1.82, 2.24) is 20.2 Å². The number of ether oxygens (including phenoxy) is 1. The largest absolute Gasteiger partial charge is 0.426 e. The number of hydrogen-bond acceptors (Lipinski definition) is 5. The second kappa shape index (κ2) is 6.66. The molecule has 7 nitrogen and oxygen atoms in total. The Kier molecular flexibility index (Phi) is 3.80. The van der Waals surface area contributed by atoms with E-state index in [0.717, 1.165) is 46.5 Å². The van der Waals surface area contributed by atoms with E-state index in [9.17, 15) is 4.79 Å². The number of aromatic nitrogens is 4. The van der Waals surface area contributed by atoms with Crippen molar-refractivity contribution >= 4 is 28.3 Å². The molecule has 148 valence electrons. The molecule has 1 fully saturated rings. The summed E-state index contributed by atoms with van der Waals surface area (Å²) < 4.78 is 6.02. The van der Waals surface area contributed by atoms with Crippen LogP contribution in [0.5, 0.6) is 11.8 Å². The van der Waals surface area contributed by atoms with Crippen LogP contribution in [0.1, 0.15) is 36.3 Å². The third-order valence-corrected chi connectivity index (χ3v) is 5.93. The van der Waals surface area contributed by atoms with Gasteiger partial charge in [0.15, 0.2) is 5.82 Å². The van der Waals surface area contributed by atoms with Crippen LogP contribution in [0.25, 0.3) is 11.0 Å². The number of fused-ring (bicyclic) bond motifs is 3. The van der Waals surface area contributed by atoms with Crippen LogP contribution in [-0.2, 0) is 4.79 Å². The highest BCUT2D eigenvalue weighted by molar-refractivity contribution is 6.10. The number of hydrogen-bond donors (Lipinski definition) is 2. The van der Waals surface area contributed by atoms with Crippen LogP contribution in [-0.4, -0.2) is 31.7 Å². The number of nitrogens with zero attached hydrogens (tertiary/aromatic N) is 3. The maximum absolute atomic E-state index is 12.9. The van der Waals surface area contributed by atoms with Gasteiger partial charge in [-0.05, 0) is 42.7 Å². The molecule has 4 aromatic rings. The van der Waals surface area contributed by atoms with Crippen molar-refractivity contribution in [2.45, 2.75) is 25.2 Å². The lowest BCUT2D eigenvalue weighted by Gasteiger charge is -2.33. The normalized spacial score (nSPS) is 20.5. The third-order valence-electron chi connectivity index (χ3n) is 5.93. The predicted octanol–water partition coefficient (Wildman–Crippen LogP) is 4.67. The zero-order valence-electron chi connectivity index (χ0n) is 16.1. The molecule has 2 aromatic heterocycles. The zero-order valence-corrected chi connectivity index (χ0v) is 16.1. The first kappa shape index (κ1) is 17.1. The van der Waals surface area contributed by atoms with Gasteiger partial charge in [0, 0.05) is 23.6 Å². The molecule has 0 radical (unpaired) electrons. The Hall–Kier alpha value is -3.74. The quantitative estimate of drug-likeness (QED) is 0.525. The molecule has 2 N–H and O–H groups in total. The van der Waals surface area contributed by atoms with E-state index >= 15 is 0 Å². The highest BCUT2D eigenvalue weighted by Crippen LogP contribution is 2.45. The number of ketones is 1. The minimum Gasteiger partial charge on any atom is -0.426 e. The summed E-state index contributed by atoms with van der Waals surface area (Å²) in [7, 11) is 0. The topological polar surface area (TPSA) is 96.0 Å². The monoisotopic (exact) mass is 397 g/mol. The summed E-state index contributed by atoms with van der Waals surface area (Å²) in [4.78, 5) is 25.2. The van der Waals surface area contributed by atoms with Crippen molar-refractivity contribution in [1.29, 1.82) is 0 Å². The molecule has 0 amide bonds. The van der Waals surface area contributed by atoms with Gasteiger partial charge in [0.2, 0.25) is 0 Å². The van der Waals surface area contributed by atoms with Crippen molar-refractivity contribution in [3.8, 4) is 11.8 Å². The van der Waals surface area contributed by atoms with Gasteiger partial charge in [-0.25, -0.2) is 4.99 Å². The summed E-state index contributed by atoms with van der Waals surface area (Å²) in [6, 6.07) is 16.1. The Labute approximate surface area is 172 Å². The summed E-state index contributed by atoms with van der Waals surface area (Å²) in [6.07, 6.45) is 4.09. The SMILES string of the molecule is O=C1CCCC2=Nc3[nH]ncc3C(c3cccc(Oc4nc5ccccc5[nH]4)c3)C12. The molecule has 1 aliphatic carbocycles. The highest BCUT2D eigenvalue weighted by Gasteiger charge is 2.41. The van der Waals surface area contributed by atoms with Crippen molar-refractivity contribution in [2.24, 2.45) is 10.9 Å². The molecule has 0 saturated heterocycles. The number of rotatable bonds is 3. The van der Waals surface area contributed by atoms with E-state index < -0.39 is 0 Å². The smallest absolute Gasteiger partial charge is 0.300 e. The van der Waals surface area contributed by atoms with Crippen LogP contribution < -0.4 is 4.74 Å². The van der Waals surface area contributed by atoms with E-state index in [1.807, 2.05) is 48.5 Å². The molecule has 0 spiro atoms. The number of carbonyl (C=O) groups excluding carboxylic acids is 1. The number of aromatic amines is 2. The lowest BCUT2D eigenvalue weighted by Crippen LogP contribution is -2.36. The average molecular weight is 397 g/mol. The van der Waals surface area contributed by atoms with Crippen LogP contribution in [0, 0.1) is 5.92 Å². The van der Waals surface area contributed by atoms with E-state index in [2.05, 4.69) is 20.2 Å². The van der Waals surface area contributed by atoms with Crippen molar-refractivity contribution in [2.75, 3.05) is 0 Å². The van der Waals surface area contributed by atoms with E-state index in [0.29, 0.717) is 18.2 Å². The molecule has 1 aliphatic heterocycles. The number of imidazole rings is 1. The third kappa shape index (κ3) is 2.74. The molecule has 2 aromatic carbocycles. The molecule has 0 bridgehead atoms. The van der Waals surface area contributed by atoms with E-state index in [1.54, 1.807) is 6.20 Å². The first-order valence-corrected chi connectivity index (χ1v) is 10.1. The van der Waals surface area contributed by atoms with Gasteiger partial charge in [0.05, 0.1) is 23.1 Å². The average Bonchev–Trinajstić information content (AvgIpc) is 3.38. The van der Waals surface area contributed by atoms with E-state index in [1.165, 1.54) is 0 Å². The molecule has 7 heteroatoms. The second-order valence-electron chi connectivity index (χ2n) is 7.79. The standard InChI is InChI=1S/C23H19N5O2/c29-19-10-4-9-18-21(19)20(15-12-24-28-22(15)25-18)13-5-3-6-14(11-13)30-23-26-16-7-1-2-8-17(16)27-23/h1-3,5-8,11-12,20-21H,4,9-10H2,(H,24,28)(H,26,27). The maximum atomic E-state index is 12.9. The summed E-state index contributed by atoms with van der Waals surface area (Å²) in [5.74, 6) is 1.33. The number of H-pyrrole nitrogens is 2. The fraction of sp³-hybridized carbons (Fsp3) is 0.217. The number of benzene rings is 2. The number of carbonyl (C=O) groups is 1. The van der Waals surface area contributed by atoms with Gasteiger partial charge < -0.3 is 9.72 Å². The Bertz CT molecular complexity index is 1270. The molecule has 6 rings (SSSR count). The molecule has 2 atom stereocenters. The number of aliphatic imine (C=N–C) groups is 1. The van der Waals surface area contributed by atoms with Gasteiger partial charge >= 0.3 is 0 Å². The Morgan fingerprint density at radius 2 is 1.97 bits per heavy atom. The minimum atomic E-state index is -0.231. The molecular weight excluding hydrogens is 378 g/mol. The summed E-state index contributed by atoms with van der Waals surface area (Å²) in [5.41, 5.74) is 4.70. The van der Waals surface area contributed by atoms with Crippen molar-refractivity contribution < 1.29 is 9.53 Å². The minimum absolute atomic E-state index is 0.113. The zero-order chi connectivity index (χ0) is 20.1. The van der Waals surface area contributed by atoms with Crippen LogP contribution in [0.15, 0.2) is 59.7 Å². The first-order chi connectivity index (χ1) is 14.8. The molecule has 30 heavy (non-hydrogen) atoms. The molecular formula is C23H19N5O2. The van der Waals surface area contributed by atoms with Gasteiger partial charge in [-0.1, -0.05) is 24.3 Å². The van der Waals surface area contributed by atoms with Crippen molar-refractivity contribution in [3.63, 3.8) is 0 Å². The van der Waals surface area contributed by atoms with Crippen LogP contribution in [0.4, 0.5) is 5.82 Å². The Morgan fingerprint density at radius 3 is 2.90 bits per heavy atom. The van der Waals surface area contributed by atoms with Crippen LogP contribution in [0.2, 0.25) is 0 Å². The first-order valence-electron chi connectivity index (χ1n) is 10.1. The lowest BCUT2D eigenvalue weighted by atomic mass is 9.71. The molecule has 2 aliphatic rings. The van der Waals surface area contributed by atoms with Crippen LogP contribution >= 0.6 is 0 Å². The van der Waals surface area contributed by atoms with Gasteiger partial charge in [-0.15, -0.1) is 0 Å². The Balaban J connectivity index is 1.39. The van der Waals surface area contributed by atoms with E-state index in [4.69, 9.17) is 9.73 Å². The lowest BCUT2D eigenvalue weighted by molar-refractivity contribution is -0.121. The number of para-hydroxylation sites is 2. The molecule has 1 saturated carbocycles.